The molecule has 2 aliphatic heterocycles. The molecular weight excluding hydrogens is 310 g/mol. The lowest BCUT2D eigenvalue weighted by Crippen LogP contribution is -2.34. The molecule has 0 amide bonds. The van der Waals surface area contributed by atoms with Crippen molar-refractivity contribution in [1.82, 2.24) is 0 Å². The molecule has 0 aromatic heterocycles. The van der Waals surface area contributed by atoms with Crippen molar-refractivity contribution < 1.29 is 4.74 Å². The highest BCUT2D eigenvalue weighted by atomic mass is 79.9. The van der Waals surface area contributed by atoms with E-state index in [1.165, 1.54) is 29.7 Å². The minimum Gasteiger partial charge on any atom is -0.493 e. The lowest BCUT2D eigenvalue weighted by Gasteiger charge is -2.27. The third-order valence-corrected chi connectivity index (χ3v) is 5.97. The zero-order valence-corrected chi connectivity index (χ0v) is 12.8. The van der Waals surface area contributed by atoms with Gasteiger partial charge in [0.25, 0.3) is 0 Å². The van der Waals surface area contributed by atoms with Gasteiger partial charge in [0.05, 0.1) is 6.61 Å². The van der Waals surface area contributed by atoms with Crippen molar-refractivity contribution in [2.75, 3.05) is 18.9 Å². The molecule has 2 nitrogen and oxygen atoms in total. The van der Waals surface area contributed by atoms with E-state index >= 15 is 0 Å². The zero-order valence-electron chi connectivity index (χ0n) is 10.4. The van der Waals surface area contributed by atoms with Crippen molar-refractivity contribution in [3.05, 3.63) is 27.7 Å². The van der Waals surface area contributed by atoms with Crippen LogP contribution in [0.3, 0.4) is 0 Å². The number of thioether (sulfide) groups is 1. The third-order valence-electron chi connectivity index (χ3n) is 3.89. The van der Waals surface area contributed by atoms with Crippen LogP contribution in [-0.2, 0) is 12.8 Å². The van der Waals surface area contributed by atoms with E-state index in [-0.39, 0.29) is 4.75 Å². The van der Waals surface area contributed by atoms with Crippen molar-refractivity contribution in [2.24, 2.45) is 5.73 Å². The Labute approximate surface area is 121 Å². The quantitative estimate of drug-likeness (QED) is 0.926. The molecule has 1 saturated heterocycles. The van der Waals surface area contributed by atoms with Crippen molar-refractivity contribution in [2.45, 2.75) is 30.4 Å². The van der Waals surface area contributed by atoms with Crippen LogP contribution in [0.25, 0.3) is 0 Å². The molecule has 0 spiro atoms. The highest BCUT2D eigenvalue weighted by molar-refractivity contribution is 9.10. The number of benzene rings is 1. The van der Waals surface area contributed by atoms with Gasteiger partial charge in [0.1, 0.15) is 5.75 Å². The second-order valence-electron chi connectivity index (χ2n) is 5.17. The summed E-state index contributed by atoms with van der Waals surface area (Å²) in [7, 11) is 0. The minimum atomic E-state index is 0.237. The SMILES string of the molecule is NCC1(Cc2cc(Br)cc3c2OCC3)CCCS1. The van der Waals surface area contributed by atoms with Crippen LogP contribution >= 0.6 is 27.7 Å². The Morgan fingerprint density at radius 3 is 3.06 bits per heavy atom. The molecule has 2 heterocycles. The number of hydrogen-bond donors (Lipinski definition) is 1. The lowest BCUT2D eigenvalue weighted by molar-refractivity contribution is 0.351. The van der Waals surface area contributed by atoms with Crippen LogP contribution < -0.4 is 10.5 Å². The molecule has 1 aromatic rings. The van der Waals surface area contributed by atoms with Crippen LogP contribution in [0.4, 0.5) is 0 Å². The van der Waals surface area contributed by atoms with Gasteiger partial charge in [-0.15, -0.1) is 0 Å². The fraction of sp³-hybridized carbons (Fsp3) is 0.571. The Kier molecular flexibility index (Phi) is 3.61. The van der Waals surface area contributed by atoms with Crippen molar-refractivity contribution in [3.8, 4) is 5.75 Å². The number of rotatable bonds is 3. The highest BCUT2D eigenvalue weighted by Crippen LogP contribution is 2.43. The molecule has 2 N–H and O–H groups in total. The molecule has 4 heteroatoms. The summed E-state index contributed by atoms with van der Waals surface area (Å²) in [6, 6.07) is 4.39. The molecule has 0 radical (unpaired) electrons. The standard InChI is InChI=1S/C14H18BrNOS/c15-12-6-10-2-4-17-13(10)11(7-12)8-14(9-16)3-1-5-18-14/h6-7H,1-5,8-9,16H2. The predicted octanol–water partition coefficient (Wildman–Crippen LogP) is 3.15. The normalized spacial score (nSPS) is 26.1. The first-order valence-electron chi connectivity index (χ1n) is 6.51. The van der Waals surface area contributed by atoms with Crippen LogP contribution in [0, 0.1) is 0 Å². The summed E-state index contributed by atoms with van der Waals surface area (Å²) in [5.41, 5.74) is 8.70. The molecule has 1 atom stereocenters. The fourth-order valence-corrected chi connectivity index (χ4v) is 4.89. The highest BCUT2D eigenvalue weighted by Gasteiger charge is 2.35. The molecule has 3 rings (SSSR count). The van der Waals surface area contributed by atoms with Gasteiger partial charge in [-0.3, -0.25) is 0 Å². The van der Waals surface area contributed by atoms with Gasteiger partial charge < -0.3 is 10.5 Å². The maximum absolute atomic E-state index is 6.03. The average Bonchev–Trinajstić information content (AvgIpc) is 2.98. The molecular formula is C14H18BrNOS. The molecule has 18 heavy (non-hydrogen) atoms. The second kappa shape index (κ2) is 5.06. The number of fused-ring (bicyclic) bond motifs is 1. The van der Waals surface area contributed by atoms with Crippen molar-refractivity contribution >= 4 is 27.7 Å². The summed E-state index contributed by atoms with van der Waals surface area (Å²) < 4.78 is 7.21. The lowest BCUT2D eigenvalue weighted by atomic mass is 9.93. The van der Waals surface area contributed by atoms with Crippen LogP contribution in [-0.4, -0.2) is 23.7 Å². The first kappa shape index (κ1) is 12.8. The van der Waals surface area contributed by atoms with Crippen molar-refractivity contribution in [3.63, 3.8) is 0 Å². The molecule has 0 bridgehead atoms. The Hall–Kier alpha value is -0.190. The van der Waals surface area contributed by atoms with Gasteiger partial charge in [-0.1, -0.05) is 15.9 Å². The molecule has 1 fully saturated rings. The molecule has 0 aliphatic carbocycles. The Bertz CT molecular complexity index is 457. The number of halogens is 1. The zero-order chi connectivity index (χ0) is 12.6. The smallest absolute Gasteiger partial charge is 0.125 e. The van der Waals surface area contributed by atoms with E-state index in [0.29, 0.717) is 0 Å². The van der Waals surface area contributed by atoms with E-state index in [4.69, 9.17) is 10.5 Å². The van der Waals surface area contributed by atoms with Crippen LogP contribution in [0.5, 0.6) is 5.75 Å². The first-order chi connectivity index (χ1) is 8.72. The van der Waals surface area contributed by atoms with Gasteiger partial charge in [0, 0.05) is 22.2 Å². The average molecular weight is 328 g/mol. The number of nitrogens with two attached hydrogens (primary N) is 1. The number of ether oxygens (including phenoxy) is 1. The summed E-state index contributed by atoms with van der Waals surface area (Å²) in [5.74, 6) is 2.37. The van der Waals surface area contributed by atoms with E-state index in [0.717, 1.165) is 36.2 Å². The van der Waals surface area contributed by atoms with Crippen LogP contribution in [0.1, 0.15) is 24.0 Å². The van der Waals surface area contributed by atoms with Crippen LogP contribution in [0.2, 0.25) is 0 Å². The van der Waals surface area contributed by atoms with E-state index in [9.17, 15) is 0 Å². The Balaban J connectivity index is 1.92. The predicted molar refractivity (Wildman–Crippen MR) is 80.5 cm³/mol. The minimum absolute atomic E-state index is 0.237. The molecule has 0 saturated carbocycles. The summed E-state index contributed by atoms with van der Waals surface area (Å²) >= 11 is 5.65. The molecule has 1 unspecified atom stereocenters. The Morgan fingerprint density at radius 1 is 1.44 bits per heavy atom. The summed E-state index contributed by atoms with van der Waals surface area (Å²) in [5, 5.41) is 0. The van der Waals surface area contributed by atoms with E-state index in [1.807, 2.05) is 11.8 Å². The van der Waals surface area contributed by atoms with Gasteiger partial charge in [0.15, 0.2) is 0 Å². The van der Waals surface area contributed by atoms with E-state index in [2.05, 4.69) is 28.1 Å². The topological polar surface area (TPSA) is 35.2 Å². The van der Waals surface area contributed by atoms with Gasteiger partial charge in [0.2, 0.25) is 0 Å². The van der Waals surface area contributed by atoms with Gasteiger partial charge in [-0.2, -0.15) is 11.8 Å². The second-order valence-corrected chi connectivity index (χ2v) is 7.65. The fourth-order valence-electron chi connectivity index (χ4n) is 2.95. The largest absolute Gasteiger partial charge is 0.493 e. The molecule has 2 aliphatic rings. The molecule has 1 aromatic carbocycles. The molecule has 98 valence electrons. The third kappa shape index (κ3) is 2.30. The summed E-state index contributed by atoms with van der Waals surface area (Å²) in [6.45, 7) is 1.58. The maximum atomic E-state index is 6.03. The van der Waals surface area contributed by atoms with E-state index in [1.54, 1.807) is 0 Å². The number of hydrogen-bond acceptors (Lipinski definition) is 3. The maximum Gasteiger partial charge on any atom is 0.125 e. The van der Waals surface area contributed by atoms with E-state index < -0.39 is 0 Å². The first-order valence-corrected chi connectivity index (χ1v) is 8.28. The van der Waals surface area contributed by atoms with Crippen LogP contribution in [0.15, 0.2) is 16.6 Å². The van der Waals surface area contributed by atoms with Gasteiger partial charge in [-0.25, -0.2) is 0 Å². The summed E-state index contributed by atoms with van der Waals surface area (Å²) in [6.07, 6.45) is 4.59. The van der Waals surface area contributed by atoms with Gasteiger partial charge in [-0.05, 0) is 48.3 Å². The van der Waals surface area contributed by atoms with Crippen molar-refractivity contribution in [1.29, 1.82) is 0 Å². The monoisotopic (exact) mass is 327 g/mol. The van der Waals surface area contributed by atoms with Gasteiger partial charge >= 0.3 is 0 Å². The summed E-state index contributed by atoms with van der Waals surface area (Å²) in [4.78, 5) is 0. The Morgan fingerprint density at radius 2 is 2.33 bits per heavy atom.